The molecule has 0 aliphatic rings. The fourth-order valence-corrected chi connectivity index (χ4v) is 0.200. The number of carboxylic acid groups (broad SMARTS) is 1. The van der Waals surface area contributed by atoms with Crippen LogP contribution in [0.25, 0.3) is 0 Å². The summed E-state index contributed by atoms with van der Waals surface area (Å²) in [6.07, 6.45) is -5.08. The van der Waals surface area contributed by atoms with Gasteiger partial charge in [0.2, 0.25) is 0 Å². The zero-order valence-corrected chi connectivity index (χ0v) is 7.10. The van der Waals surface area contributed by atoms with E-state index in [9.17, 15) is 22.4 Å². The molecule has 0 aromatic carbocycles. The SMILES string of the molecule is CCOC(=O)CF.O=C(O)C(F)(F)F. The van der Waals surface area contributed by atoms with E-state index in [0.717, 1.165) is 0 Å². The Morgan fingerprint density at radius 2 is 1.71 bits per heavy atom. The molecular weight excluding hydrogens is 212 g/mol. The average molecular weight is 220 g/mol. The van der Waals surface area contributed by atoms with Crippen molar-refractivity contribution >= 4 is 11.9 Å². The van der Waals surface area contributed by atoms with Gasteiger partial charge in [-0.05, 0) is 6.92 Å². The topological polar surface area (TPSA) is 63.6 Å². The Morgan fingerprint density at radius 3 is 1.79 bits per heavy atom. The Morgan fingerprint density at radius 1 is 1.36 bits per heavy atom. The summed E-state index contributed by atoms with van der Waals surface area (Å²) in [5.41, 5.74) is 0. The lowest BCUT2D eigenvalue weighted by molar-refractivity contribution is -0.192. The van der Waals surface area contributed by atoms with Crippen LogP contribution in [0.2, 0.25) is 0 Å². The number of halogens is 4. The van der Waals surface area contributed by atoms with Crippen LogP contribution < -0.4 is 0 Å². The van der Waals surface area contributed by atoms with Crippen molar-refractivity contribution in [1.29, 1.82) is 0 Å². The number of carbonyl (C=O) groups is 2. The first-order chi connectivity index (χ1) is 6.25. The molecule has 0 saturated carbocycles. The summed E-state index contributed by atoms with van der Waals surface area (Å²) >= 11 is 0. The molecule has 8 heteroatoms. The number of ether oxygens (including phenoxy) is 1. The summed E-state index contributed by atoms with van der Waals surface area (Å²) in [5.74, 6) is -3.55. The van der Waals surface area contributed by atoms with Crippen LogP contribution in [0.15, 0.2) is 0 Å². The van der Waals surface area contributed by atoms with Crippen molar-refractivity contribution in [3.8, 4) is 0 Å². The fraction of sp³-hybridized carbons (Fsp3) is 0.667. The van der Waals surface area contributed by atoms with Crippen LogP contribution in [-0.2, 0) is 14.3 Å². The smallest absolute Gasteiger partial charge is 0.475 e. The molecule has 0 spiro atoms. The largest absolute Gasteiger partial charge is 0.490 e. The van der Waals surface area contributed by atoms with E-state index in [0.29, 0.717) is 0 Å². The molecule has 0 aliphatic heterocycles. The summed E-state index contributed by atoms with van der Waals surface area (Å²) in [6, 6.07) is 0. The van der Waals surface area contributed by atoms with Gasteiger partial charge in [0.1, 0.15) is 0 Å². The Hall–Kier alpha value is -1.34. The molecule has 0 unspecified atom stereocenters. The lowest BCUT2D eigenvalue weighted by atomic mass is 10.7. The van der Waals surface area contributed by atoms with Crippen molar-refractivity contribution in [1.82, 2.24) is 0 Å². The van der Waals surface area contributed by atoms with E-state index in [-0.39, 0.29) is 6.61 Å². The van der Waals surface area contributed by atoms with Gasteiger partial charge in [-0.3, -0.25) is 0 Å². The Kier molecular flexibility index (Phi) is 7.68. The van der Waals surface area contributed by atoms with Crippen LogP contribution in [0.1, 0.15) is 6.92 Å². The fourth-order valence-electron chi connectivity index (χ4n) is 0.200. The average Bonchev–Trinajstić information content (AvgIpc) is 2.04. The van der Waals surface area contributed by atoms with E-state index >= 15 is 0 Å². The molecule has 0 aliphatic carbocycles. The van der Waals surface area contributed by atoms with Crippen LogP contribution in [0, 0.1) is 0 Å². The van der Waals surface area contributed by atoms with Gasteiger partial charge in [-0.1, -0.05) is 0 Å². The Balaban J connectivity index is 0. The third kappa shape index (κ3) is 10.7. The molecule has 84 valence electrons. The van der Waals surface area contributed by atoms with Gasteiger partial charge in [0, 0.05) is 0 Å². The molecule has 0 amide bonds. The van der Waals surface area contributed by atoms with Gasteiger partial charge >= 0.3 is 18.1 Å². The van der Waals surface area contributed by atoms with Crippen molar-refractivity contribution in [2.45, 2.75) is 13.1 Å². The molecule has 4 nitrogen and oxygen atoms in total. The van der Waals surface area contributed by atoms with Crippen LogP contribution in [0.5, 0.6) is 0 Å². The van der Waals surface area contributed by atoms with Crippen molar-refractivity contribution in [2.75, 3.05) is 13.3 Å². The highest BCUT2D eigenvalue weighted by Crippen LogP contribution is 2.13. The molecule has 0 radical (unpaired) electrons. The number of carboxylic acids is 1. The first kappa shape index (κ1) is 15.1. The highest BCUT2D eigenvalue weighted by molar-refractivity contribution is 5.73. The normalized spacial score (nSPS) is 9.79. The van der Waals surface area contributed by atoms with Crippen molar-refractivity contribution < 1.29 is 37.0 Å². The molecular formula is C6H8F4O4. The van der Waals surface area contributed by atoms with Gasteiger partial charge in [-0.2, -0.15) is 13.2 Å². The molecule has 0 rings (SSSR count). The van der Waals surface area contributed by atoms with E-state index in [1.165, 1.54) is 0 Å². The second-order valence-corrected chi connectivity index (χ2v) is 1.74. The van der Waals surface area contributed by atoms with Crippen LogP contribution >= 0.6 is 0 Å². The Labute approximate surface area is 76.5 Å². The number of hydrogen-bond acceptors (Lipinski definition) is 3. The third-order valence-electron chi connectivity index (χ3n) is 0.657. The second kappa shape index (κ2) is 7.10. The summed E-state index contributed by atoms with van der Waals surface area (Å²) in [7, 11) is 0. The maximum atomic E-state index is 11.1. The van der Waals surface area contributed by atoms with E-state index in [4.69, 9.17) is 9.90 Å². The third-order valence-corrected chi connectivity index (χ3v) is 0.657. The maximum Gasteiger partial charge on any atom is 0.490 e. The number of aliphatic carboxylic acids is 1. The molecule has 0 aromatic rings. The van der Waals surface area contributed by atoms with Gasteiger partial charge < -0.3 is 9.84 Å². The number of carbonyl (C=O) groups excluding carboxylic acids is 1. The molecule has 0 heterocycles. The summed E-state index contributed by atoms with van der Waals surface area (Å²) < 4.78 is 47.0. The zero-order chi connectivity index (χ0) is 11.8. The standard InChI is InChI=1S/C4H7FO2.C2HF3O2/c1-2-7-4(6)3-5;3-2(4,5)1(6)7/h2-3H2,1H3;(H,6,7). The van der Waals surface area contributed by atoms with E-state index in [1.807, 2.05) is 0 Å². The van der Waals surface area contributed by atoms with Crippen LogP contribution in [0.4, 0.5) is 17.6 Å². The maximum absolute atomic E-state index is 11.1. The van der Waals surface area contributed by atoms with Crippen LogP contribution in [-0.4, -0.2) is 36.5 Å². The molecule has 0 saturated heterocycles. The molecule has 0 fully saturated rings. The minimum absolute atomic E-state index is 0.253. The minimum atomic E-state index is -5.08. The lowest BCUT2D eigenvalue weighted by Crippen LogP contribution is -2.21. The van der Waals surface area contributed by atoms with Gasteiger partial charge in [-0.15, -0.1) is 0 Å². The highest BCUT2D eigenvalue weighted by atomic mass is 19.4. The van der Waals surface area contributed by atoms with E-state index in [2.05, 4.69) is 4.74 Å². The number of alkyl halides is 4. The van der Waals surface area contributed by atoms with Crippen molar-refractivity contribution in [2.24, 2.45) is 0 Å². The molecule has 0 atom stereocenters. The number of hydrogen-bond donors (Lipinski definition) is 1. The summed E-state index contributed by atoms with van der Waals surface area (Å²) in [6.45, 7) is 0.865. The van der Waals surface area contributed by atoms with Gasteiger partial charge in [0.25, 0.3) is 0 Å². The molecule has 0 bridgehead atoms. The monoisotopic (exact) mass is 220 g/mol. The first-order valence-electron chi connectivity index (χ1n) is 3.27. The van der Waals surface area contributed by atoms with Gasteiger partial charge in [-0.25, -0.2) is 14.0 Å². The second-order valence-electron chi connectivity index (χ2n) is 1.74. The zero-order valence-electron chi connectivity index (χ0n) is 7.10. The number of esters is 1. The van der Waals surface area contributed by atoms with Crippen molar-refractivity contribution in [3.05, 3.63) is 0 Å². The van der Waals surface area contributed by atoms with Crippen LogP contribution in [0.3, 0.4) is 0 Å². The molecule has 14 heavy (non-hydrogen) atoms. The van der Waals surface area contributed by atoms with Gasteiger partial charge in [0.15, 0.2) is 6.67 Å². The van der Waals surface area contributed by atoms with Crippen molar-refractivity contribution in [3.63, 3.8) is 0 Å². The quantitative estimate of drug-likeness (QED) is 0.560. The van der Waals surface area contributed by atoms with Gasteiger partial charge in [0.05, 0.1) is 6.61 Å². The summed E-state index contributed by atoms with van der Waals surface area (Å²) in [4.78, 5) is 18.7. The molecule has 1 N–H and O–H groups in total. The Bertz CT molecular complexity index is 189. The number of rotatable bonds is 2. The highest BCUT2D eigenvalue weighted by Gasteiger charge is 2.38. The predicted octanol–water partition coefficient (Wildman–Crippen LogP) is 1.15. The first-order valence-corrected chi connectivity index (χ1v) is 3.27. The minimum Gasteiger partial charge on any atom is -0.475 e. The predicted molar refractivity (Wildman–Crippen MR) is 36.3 cm³/mol. The lowest BCUT2D eigenvalue weighted by Gasteiger charge is -1.93. The van der Waals surface area contributed by atoms with E-state index in [1.54, 1.807) is 6.92 Å². The summed E-state index contributed by atoms with van der Waals surface area (Å²) in [5, 5.41) is 7.12. The van der Waals surface area contributed by atoms with E-state index < -0.39 is 24.8 Å². The molecule has 0 aromatic heterocycles.